The van der Waals surface area contributed by atoms with Gasteiger partial charge in [-0.1, -0.05) is 70.2 Å². The molecule has 0 saturated heterocycles. The number of carbonyl (C=O) groups excluding carboxylic acids is 2. The maximum atomic E-state index is 14.3. The number of carbonyl (C=O) groups is 2. The van der Waals surface area contributed by atoms with Crippen molar-refractivity contribution in [3.63, 3.8) is 0 Å². The van der Waals surface area contributed by atoms with E-state index in [1.54, 1.807) is 0 Å². The van der Waals surface area contributed by atoms with Crippen LogP contribution in [0.4, 0.5) is 0 Å². The van der Waals surface area contributed by atoms with Crippen LogP contribution in [0.15, 0.2) is 54.9 Å². The summed E-state index contributed by atoms with van der Waals surface area (Å²) >= 11 is 0. The maximum absolute atomic E-state index is 14.3. The molecule has 1 aromatic rings. The van der Waals surface area contributed by atoms with E-state index in [9.17, 15) is 9.59 Å². The van der Waals surface area contributed by atoms with Gasteiger partial charge >= 0.3 is 0 Å². The quantitative estimate of drug-likeness (QED) is 0.553. The Balaban J connectivity index is 2.15. The second kappa shape index (κ2) is 8.88. The molecule has 0 aromatic heterocycles. The number of rotatable bonds is 6. The summed E-state index contributed by atoms with van der Waals surface area (Å²) in [5.41, 5.74) is -0.429. The van der Waals surface area contributed by atoms with Crippen LogP contribution in [0.1, 0.15) is 73.3 Å². The van der Waals surface area contributed by atoms with E-state index in [4.69, 9.17) is 0 Å². The van der Waals surface area contributed by atoms with Crippen LogP contribution < -0.4 is 0 Å². The molecule has 3 atom stereocenters. The fourth-order valence-electron chi connectivity index (χ4n) is 5.56. The molecule has 2 aliphatic rings. The maximum Gasteiger partial charge on any atom is 0.239 e. The van der Waals surface area contributed by atoms with Gasteiger partial charge in [-0.05, 0) is 57.9 Å². The first-order valence-corrected chi connectivity index (χ1v) is 12.1. The molecule has 4 heteroatoms. The van der Waals surface area contributed by atoms with Crippen LogP contribution in [-0.4, -0.2) is 33.2 Å². The SMILES string of the molecule is CCC(CC)(CC)C(=O)N1C=C[C@@]2(Cc3ccccc3)C(=O)N(C(C)(C)C)C=C[C@H](C)[C@@H]12. The average Bonchev–Trinajstić information content (AvgIpc) is 3.10. The summed E-state index contributed by atoms with van der Waals surface area (Å²) in [6.45, 7) is 14.6. The molecule has 0 unspecified atom stereocenters. The highest BCUT2D eigenvalue weighted by Gasteiger charge is 2.57. The molecule has 2 heterocycles. The zero-order valence-electron chi connectivity index (χ0n) is 20.9. The molecular weight excluding hydrogens is 396 g/mol. The van der Waals surface area contributed by atoms with Gasteiger partial charge in [-0.2, -0.15) is 0 Å². The Morgan fingerprint density at radius 2 is 1.59 bits per heavy atom. The van der Waals surface area contributed by atoms with Gasteiger partial charge in [0.1, 0.15) is 0 Å². The van der Waals surface area contributed by atoms with E-state index in [0.29, 0.717) is 6.42 Å². The molecule has 0 N–H and O–H groups in total. The van der Waals surface area contributed by atoms with E-state index in [2.05, 4.69) is 66.7 Å². The van der Waals surface area contributed by atoms with Gasteiger partial charge < -0.3 is 9.80 Å². The lowest BCUT2D eigenvalue weighted by molar-refractivity contribution is -0.149. The Labute approximate surface area is 194 Å². The zero-order valence-corrected chi connectivity index (χ0v) is 20.9. The van der Waals surface area contributed by atoms with Crippen molar-refractivity contribution in [1.29, 1.82) is 0 Å². The first-order chi connectivity index (χ1) is 15.1. The van der Waals surface area contributed by atoms with E-state index in [1.807, 2.05) is 46.5 Å². The van der Waals surface area contributed by atoms with Crippen LogP contribution in [0.5, 0.6) is 0 Å². The van der Waals surface area contributed by atoms with Gasteiger partial charge in [0, 0.05) is 23.4 Å². The van der Waals surface area contributed by atoms with Gasteiger partial charge in [-0.15, -0.1) is 0 Å². The van der Waals surface area contributed by atoms with Crippen molar-refractivity contribution in [3.8, 4) is 0 Å². The molecular formula is C28H40N2O2. The predicted octanol–water partition coefficient (Wildman–Crippen LogP) is 5.95. The van der Waals surface area contributed by atoms with Crippen molar-refractivity contribution in [3.05, 3.63) is 60.4 Å². The summed E-state index contributed by atoms with van der Waals surface area (Å²) in [6, 6.07) is 9.95. The molecule has 0 radical (unpaired) electrons. The Hall–Kier alpha value is -2.36. The van der Waals surface area contributed by atoms with Crippen LogP contribution in [0.3, 0.4) is 0 Å². The minimum absolute atomic E-state index is 0.0391. The van der Waals surface area contributed by atoms with Gasteiger partial charge in [-0.3, -0.25) is 9.59 Å². The summed E-state index contributed by atoms with van der Waals surface area (Å²) < 4.78 is 0. The minimum Gasteiger partial charge on any atom is -0.314 e. The van der Waals surface area contributed by atoms with Crippen molar-refractivity contribution >= 4 is 11.8 Å². The third-order valence-corrected chi connectivity index (χ3v) is 7.79. The van der Waals surface area contributed by atoms with Gasteiger partial charge in [-0.25, -0.2) is 0 Å². The van der Waals surface area contributed by atoms with Crippen LogP contribution >= 0.6 is 0 Å². The molecule has 0 bridgehead atoms. The molecule has 2 amide bonds. The Morgan fingerprint density at radius 1 is 1.00 bits per heavy atom. The average molecular weight is 437 g/mol. The van der Waals surface area contributed by atoms with E-state index in [-0.39, 0.29) is 29.3 Å². The standard InChI is InChI=1S/C28H40N2O2/c1-8-27(9-2,10-3)24(31)29-19-17-28(20-22-14-12-11-13-15-22)23(29)21(4)16-18-30(25(28)32)26(5,6)7/h11-19,21,23H,8-10,20H2,1-7H3/t21-,23+,28-/m0/s1. The summed E-state index contributed by atoms with van der Waals surface area (Å²) in [5.74, 6) is 0.261. The van der Waals surface area contributed by atoms with Gasteiger partial charge in [0.05, 0.1) is 11.5 Å². The largest absolute Gasteiger partial charge is 0.314 e. The van der Waals surface area contributed by atoms with Crippen molar-refractivity contribution in [2.45, 2.75) is 85.7 Å². The molecule has 1 aromatic carbocycles. The zero-order chi connectivity index (χ0) is 23.7. The molecule has 32 heavy (non-hydrogen) atoms. The molecule has 0 fully saturated rings. The normalized spacial score (nSPS) is 25.8. The Kier molecular flexibility index (Phi) is 6.74. The lowest BCUT2D eigenvalue weighted by Gasteiger charge is -2.44. The lowest BCUT2D eigenvalue weighted by Crippen LogP contribution is -2.57. The molecule has 3 rings (SSSR count). The highest BCUT2D eigenvalue weighted by Crippen LogP contribution is 2.48. The first kappa shape index (κ1) is 24.3. The Morgan fingerprint density at radius 3 is 2.12 bits per heavy atom. The minimum atomic E-state index is -0.797. The van der Waals surface area contributed by atoms with Gasteiger partial charge in [0.2, 0.25) is 11.8 Å². The smallest absolute Gasteiger partial charge is 0.239 e. The number of hydrogen-bond acceptors (Lipinski definition) is 2. The second-order valence-corrected chi connectivity index (χ2v) is 10.6. The molecule has 0 spiro atoms. The summed E-state index contributed by atoms with van der Waals surface area (Å²) in [5, 5.41) is 0. The highest BCUT2D eigenvalue weighted by molar-refractivity contribution is 5.92. The van der Waals surface area contributed by atoms with Crippen LogP contribution in [0.2, 0.25) is 0 Å². The number of fused-ring (bicyclic) bond motifs is 1. The van der Waals surface area contributed by atoms with E-state index in [0.717, 1.165) is 24.8 Å². The molecule has 0 aliphatic carbocycles. The Bertz CT molecular complexity index is 883. The van der Waals surface area contributed by atoms with Crippen LogP contribution in [0.25, 0.3) is 0 Å². The van der Waals surface area contributed by atoms with Crippen LogP contribution in [0, 0.1) is 16.7 Å². The second-order valence-electron chi connectivity index (χ2n) is 10.6. The van der Waals surface area contributed by atoms with Gasteiger partial charge in [0.15, 0.2) is 0 Å². The van der Waals surface area contributed by atoms with Crippen molar-refractivity contribution in [2.75, 3.05) is 0 Å². The lowest BCUT2D eigenvalue weighted by atomic mass is 9.70. The van der Waals surface area contributed by atoms with Crippen molar-refractivity contribution < 1.29 is 9.59 Å². The summed E-state index contributed by atoms with van der Waals surface area (Å²) in [4.78, 5) is 32.0. The van der Waals surface area contributed by atoms with E-state index >= 15 is 0 Å². The van der Waals surface area contributed by atoms with Crippen LogP contribution in [-0.2, 0) is 16.0 Å². The number of benzene rings is 1. The predicted molar refractivity (Wildman–Crippen MR) is 131 cm³/mol. The van der Waals surface area contributed by atoms with E-state index in [1.165, 1.54) is 0 Å². The first-order valence-electron chi connectivity index (χ1n) is 12.1. The summed E-state index contributed by atoms with van der Waals surface area (Å²) in [6.07, 6.45) is 11.0. The van der Waals surface area contributed by atoms with Gasteiger partial charge in [0.25, 0.3) is 0 Å². The fraction of sp³-hybridized carbons (Fsp3) is 0.571. The number of nitrogens with zero attached hydrogens (tertiary/aromatic N) is 2. The third kappa shape index (κ3) is 3.93. The molecule has 2 aliphatic heterocycles. The molecule has 0 saturated carbocycles. The molecule has 4 nitrogen and oxygen atoms in total. The monoisotopic (exact) mass is 436 g/mol. The number of amides is 2. The molecule has 174 valence electrons. The summed E-state index contributed by atoms with van der Waals surface area (Å²) in [7, 11) is 0. The topological polar surface area (TPSA) is 40.6 Å². The third-order valence-electron chi connectivity index (χ3n) is 7.79. The van der Waals surface area contributed by atoms with Crippen molar-refractivity contribution in [1.82, 2.24) is 9.80 Å². The fourth-order valence-corrected chi connectivity index (χ4v) is 5.56. The highest BCUT2D eigenvalue weighted by atomic mass is 16.2. The van der Waals surface area contributed by atoms with Crippen molar-refractivity contribution in [2.24, 2.45) is 16.7 Å². The number of hydrogen-bond donors (Lipinski definition) is 0. The van der Waals surface area contributed by atoms with E-state index < -0.39 is 10.8 Å².